The third kappa shape index (κ3) is 1.76. The maximum Gasteiger partial charge on any atom is 0.330 e. The molecule has 0 saturated heterocycles. The zero-order chi connectivity index (χ0) is 14.4. The molecule has 5 heteroatoms. The quantitative estimate of drug-likeness (QED) is 0.753. The molecule has 1 aliphatic carbocycles. The highest BCUT2D eigenvalue weighted by Crippen LogP contribution is 2.34. The SMILES string of the molecule is CSc1cc2c(c3c1CCCC3)c(=O)n(C)c(=O)n2C. The molecule has 1 aromatic heterocycles. The van der Waals surface area contributed by atoms with Crippen molar-refractivity contribution in [1.29, 1.82) is 0 Å². The molecular formula is C15H18N2O2S. The van der Waals surface area contributed by atoms with Crippen LogP contribution in [0, 0.1) is 0 Å². The van der Waals surface area contributed by atoms with Crippen molar-refractivity contribution in [2.75, 3.05) is 6.26 Å². The summed E-state index contributed by atoms with van der Waals surface area (Å²) in [7, 11) is 3.30. The zero-order valence-corrected chi connectivity index (χ0v) is 12.8. The summed E-state index contributed by atoms with van der Waals surface area (Å²) in [5, 5.41) is 0.738. The van der Waals surface area contributed by atoms with Crippen LogP contribution >= 0.6 is 11.8 Å². The van der Waals surface area contributed by atoms with Gasteiger partial charge in [0.1, 0.15) is 0 Å². The summed E-state index contributed by atoms with van der Waals surface area (Å²) in [6, 6.07) is 2.01. The van der Waals surface area contributed by atoms with Gasteiger partial charge in [-0.1, -0.05) is 0 Å². The average molecular weight is 290 g/mol. The predicted molar refractivity (Wildman–Crippen MR) is 82.9 cm³/mol. The summed E-state index contributed by atoms with van der Waals surface area (Å²) in [6.45, 7) is 0. The van der Waals surface area contributed by atoms with Gasteiger partial charge in [0.05, 0.1) is 10.9 Å². The number of fused-ring (bicyclic) bond motifs is 3. The molecule has 0 saturated carbocycles. The first kappa shape index (κ1) is 13.5. The van der Waals surface area contributed by atoms with E-state index in [0.717, 1.165) is 35.7 Å². The third-order valence-electron chi connectivity index (χ3n) is 4.26. The normalized spacial score (nSPS) is 14.6. The Morgan fingerprint density at radius 1 is 1.05 bits per heavy atom. The maximum absolute atomic E-state index is 12.5. The highest BCUT2D eigenvalue weighted by molar-refractivity contribution is 7.98. The molecule has 0 unspecified atom stereocenters. The minimum absolute atomic E-state index is 0.158. The van der Waals surface area contributed by atoms with Crippen LogP contribution in [0.25, 0.3) is 10.9 Å². The molecule has 3 rings (SSSR count). The van der Waals surface area contributed by atoms with E-state index in [1.807, 2.05) is 6.07 Å². The van der Waals surface area contributed by atoms with E-state index in [9.17, 15) is 9.59 Å². The largest absolute Gasteiger partial charge is 0.330 e. The van der Waals surface area contributed by atoms with Crippen LogP contribution in [-0.2, 0) is 26.9 Å². The van der Waals surface area contributed by atoms with Gasteiger partial charge in [0.15, 0.2) is 0 Å². The van der Waals surface area contributed by atoms with Crippen LogP contribution in [0.1, 0.15) is 24.0 Å². The second kappa shape index (κ2) is 4.81. The van der Waals surface area contributed by atoms with E-state index in [1.165, 1.54) is 21.4 Å². The van der Waals surface area contributed by atoms with E-state index in [4.69, 9.17) is 0 Å². The first-order valence-electron chi connectivity index (χ1n) is 6.84. The molecule has 1 heterocycles. The molecule has 4 nitrogen and oxygen atoms in total. The molecule has 0 N–H and O–H groups in total. The molecule has 0 fully saturated rings. The van der Waals surface area contributed by atoms with Crippen LogP contribution in [-0.4, -0.2) is 15.4 Å². The molecule has 0 atom stereocenters. The lowest BCUT2D eigenvalue weighted by Gasteiger charge is -2.22. The van der Waals surface area contributed by atoms with E-state index < -0.39 is 0 Å². The number of hydrogen-bond acceptors (Lipinski definition) is 3. The predicted octanol–water partition coefficient (Wildman–Crippen LogP) is 1.84. The molecular weight excluding hydrogens is 272 g/mol. The van der Waals surface area contributed by atoms with Crippen molar-refractivity contribution >= 4 is 22.7 Å². The summed E-state index contributed by atoms with van der Waals surface area (Å²) in [6.07, 6.45) is 6.32. The van der Waals surface area contributed by atoms with Gasteiger partial charge in [-0.15, -0.1) is 11.8 Å². The molecule has 1 aliphatic rings. The highest BCUT2D eigenvalue weighted by atomic mass is 32.2. The highest BCUT2D eigenvalue weighted by Gasteiger charge is 2.21. The first-order valence-corrected chi connectivity index (χ1v) is 8.07. The van der Waals surface area contributed by atoms with Gasteiger partial charge in [-0.25, -0.2) is 4.79 Å². The number of thioether (sulfide) groups is 1. The lowest BCUT2D eigenvalue weighted by atomic mass is 9.89. The van der Waals surface area contributed by atoms with Crippen molar-refractivity contribution in [3.63, 3.8) is 0 Å². The van der Waals surface area contributed by atoms with E-state index in [1.54, 1.807) is 30.4 Å². The second-order valence-corrected chi connectivity index (χ2v) is 6.19. The van der Waals surface area contributed by atoms with Gasteiger partial charge in [-0.2, -0.15) is 0 Å². The molecule has 2 aromatic rings. The van der Waals surface area contributed by atoms with Crippen LogP contribution in [0.3, 0.4) is 0 Å². The summed E-state index contributed by atoms with van der Waals surface area (Å²) in [5.74, 6) is 0. The second-order valence-electron chi connectivity index (χ2n) is 5.34. The number of nitrogens with zero attached hydrogens (tertiary/aromatic N) is 2. The lowest BCUT2D eigenvalue weighted by Crippen LogP contribution is -2.37. The molecule has 0 amide bonds. The minimum atomic E-state index is -0.259. The first-order chi connectivity index (χ1) is 9.56. The molecule has 0 spiro atoms. The number of rotatable bonds is 1. The Morgan fingerprint density at radius 3 is 2.35 bits per heavy atom. The van der Waals surface area contributed by atoms with Gasteiger partial charge >= 0.3 is 5.69 Å². The van der Waals surface area contributed by atoms with E-state index in [0.29, 0.717) is 0 Å². The number of aromatic nitrogens is 2. The van der Waals surface area contributed by atoms with Crippen molar-refractivity contribution in [2.24, 2.45) is 14.1 Å². The number of benzene rings is 1. The molecule has 106 valence electrons. The summed E-state index contributed by atoms with van der Waals surface area (Å²) >= 11 is 1.70. The van der Waals surface area contributed by atoms with E-state index >= 15 is 0 Å². The van der Waals surface area contributed by atoms with Crippen LogP contribution in [0.2, 0.25) is 0 Å². The topological polar surface area (TPSA) is 44.0 Å². The number of aryl methyl sites for hydroxylation is 2. The van der Waals surface area contributed by atoms with Crippen LogP contribution < -0.4 is 11.2 Å². The zero-order valence-electron chi connectivity index (χ0n) is 12.0. The van der Waals surface area contributed by atoms with Gasteiger partial charge < -0.3 is 0 Å². The Hall–Kier alpha value is -1.49. The fraction of sp³-hybridized carbons (Fsp3) is 0.467. The van der Waals surface area contributed by atoms with Crippen molar-refractivity contribution in [3.8, 4) is 0 Å². The van der Waals surface area contributed by atoms with Gasteiger partial charge in [0.25, 0.3) is 5.56 Å². The van der Waals surface area contributed by atoms with Gasteiger partial charge in [0.2, 0.25) is 0 Å². The molecule has 0 radical (unpaired) electrons. The van der Waals surface area contributed by atoms with Gasteiger partial charge in [-0.3, -0.25) is 13.9 Å². The Labute approximate surface area is 121 Å². The van der Waals surface area contributed by atoms with Crippen molar-refractivity contribution in [3.05, 3.63) is 38.0 Å². The van der Waals surface area contributed by atoms with Crippen LogP contribution in [0.15, 0.2) is 20.6 Å². The molecule has 1 aromatic carbocycles. The van der Waals surface area contributed by atoms with Gasteiger partial charge in [0, 0.05) is 19.0 Å². The van der Waals surface area contributed by atoms with E-state index in [-0.39, 0.29) is 11.2 Å². The van der Waals surface area contributed by atoms with Crippen molar-refractivity contribution < 1.29 is 0 Å². The summed E-state index contributed by atoms with van der Waals surface area (Å²) in [5.41, 5.74) is 2.82. The lowest BCUT2D eigenvalue weighted by molar-refractivity contribution is 0.671. The van der Waals surface area contributed by atoms with Crippen LogP contribution in [0.5, 0.6) is 0 Å². The van der Waals surface area contributed by atoms with Crippen molar-refractivity contribution in [2.45, 2.75) is 30.6 Å². The van der Waals surface area contributed by atoms with Crippen LogP contribution in [0.4, 0.5) is 0 Å². The Kier molecular flexibility index (Phi) is 3.24. The smallest absolute Gasteiger partial charge is 0.296 e. The summed E-state index contributed by atoms with van der Waals surface area (Å²) in [4.78, 5) is 25.8. The molecule has 20 heavy (non-hydrogen) atoms. The fourth-order valence-electron chi connectivity index (χ4n) is 3.16. The fourth-order valence-corrected chi connectivity index (χ4v) is 3.86. The third-order valence-corrected chi connectivity index (χ3v) is 5.07. The van der Waals surface area contributed by atoms with Crippen molar-refractivity contribution in [1.82, 2.24) is 9.13 Å². The Balaban J connectivity index is 2.58. The maximum atomic E-state index is 12.5. The molecule has 0 aliphatic heterocycles. The van der Waals surface area contributed by atoms with Gasteiger partial charge in [-0.05, 0) is 49.1 Å². The number of hydrogen-bond donors (Lipinski definition) is 0. The minimum Gasteiger partial charge on any atom is -0.296 e. The average Bonchev–Trinajstić information content (AvgIpc) is 2.49. The Bertz CT molecular complexity index is 817. The Morgan fingerprint density at radius 2 is 1.70 bits per heavy atom. The standard InChI is InChI=1S/C15H18N2O2S/c1-16-11-8-12(20-3)9-6-4-5-7-10(9)13(11)14(18)17(2)15(16)19/h8H,4-7H2,1-3H3. The van der Waals surface area contributed by atoms with E-state index in [2.05, 4.69) is 6.26 Å². The molecule has 0 bridgehead atoms. The summed E-state index contributed by atoms with van der Waals surface area (Å²) < 4.78 is 2.81. The monoisotopic (exact) mass is 290 g/mol.